The number of rotatable bonds is 2. The van der Waals surface area contributed by atoms with Gasteiger partial charge in [0, 0.05) is 63.1 Å². The summed E-state index contributed by atoms with van der Waals surface area (Å²) in [7, 11) is -0.611. The van der Waals surface area contributed by atoms with Gasteiger partial charge in [-0.15, -0.1) is 0 Å². The van der Waals surface area contributed by atoms with E-state index >= 15 is 0 Å². The van der Waals surface area contributed by atoms with Crippen LogP contribution in [0.5, 0.6) is 5.75 Å². The van der Waals surface area contributed by atoms with Crippen LogP contribution in [0.4, 0.5) is 5.69 Å². The highest BCUT2D eigenvalue weighted by atomic mass is 32.2. The molecule has 0 saturated carbocycles. The van der Waals surface area contributed by atoms with Gasteiger partial charge in [-0.05, 0) is 18.2 Å². The number of nitrogens with one attached hydrogen (secondary N) is 1. The number of aromatic nitrogens is 1. The molecule has 0 atom stereocenters. The van der Waals surface area contributed by atoms with Gasteiger partial charge in [-0.1, -0.05) is 0 Å². The van der Waals surface area contributed by atoms with Crippen LogP contribution in [0.25, 0.3) is 10.9 Å². The molecule has 1 spiro atoms. The predicted octanol–water partition coefficient (Wildman–Crippen LogP) is 2.11. The maximum Gasteiger partial charge on any atom is 0.121 e. The summed E-state index contributed by atoms with van der Waals surface area (Å²) in [6, 6.07) is 7.95. The molecule has 2 aliphatic heterocycles. The maximum atomic E-state index is 11.6. The standard InChI is InChI=1S/C15H17N3O2S/c1-20-11-2-3-12-13(6-11)17-5-4-14(12)18-7-15(8-18)9-21(16,19)10-15/h2-6,16H,7-10H2,1H3. The first-order chi connectivity index (χ1) is 10.0. The number of pyridine rings is 1. The third-order valence-electron chi connectivity index (χ3n) is 4.40. The van der Waals surface area contributed by atoms with Gasteiger partial charge >= 0.3 is 0 Å². The number of fused-ring (bicyclic) bond motifs is 1. The van der Waals surface area contributed by atoms with Crippen LogP contribution in [-0.2, 0) is 9.73 Å². The zero-order valence-corrected chi connectivity index (χ0v) is 12.7. The van der Waals surface area contributed by atoms with Crippen molar-refractivity contribution in [2.75, 3.05) is 36.6 Å². The Morgan fingerprint density at radius 1 is 1.33 bits per heavy atom. The fourth-order valence-corrected chi connectivity index (χ4v) is 5.84. The van der Waals surface area contributed by atoms with Gasteiger partial charge in [0.25, 0.3) is 0 Å². The van der Waals surface area contributed by atoms with E-state index in [2.05, 4.69) is 9.88 Å². The average Bonchev–Trinajstić information content (AvgIpc) is 2.40. The molecule has 2 saturated heterocycles. The van der Waals surface area contributed by atoms with E-state index in [9.17, 15) is 4.21 Å². The van der Waals surface area contributed by atoms with Crippen LogP contribution in [0, 0.1) is 10.2 Å². The molecule has 5 nitrogen and oxygen atoms in total. The number of anilines is 1. The van der Waals surface area contributed by atoms with Crippen molar-refractivity contribution in [2.24, 2.45) is 5.41 Å². The largest absolute Gasteiger partial charge is 0.497 e. The van der Waals surface area contributed by atoms with E-state index < -0.39 is 9.73 Å². The van der Waals surface area contributed by atoms with Gasteiger partial charge < -0.3 is 9.64 Å². The van der Waals surface area contributed by atoms with Crippen molar-refractivity contribution in [1.29, 1.82) is 4.78 Å². The highest BCUT2D eigenvalue weighted by Gasteiger charge is 2.54. The molecule has 0 bridgehead atoms. The molecule has 4 rings (SSSR count). The van der Waals surface area contributed by atoms with Crippen LogP contribution in [-0.4, -0.2) is 40.9 Å². The van der Waals surface area contributed by atoms with Crippen LogP contribution in [0.1, 0.15) is 0 Å². The number of ether oxygens (including phenoxy) is 1. The van der Waals surface area contributed by atoms with Crippen molar-refractivity contribution in [1.82, 2.24) is 4.98 Å². The monoisotopic (exact) mass is 303 g/mol. The van der Waals surface area contributed by atoms with Gasteiger partial charge in [-0.3, -0.25) is 9.76 Å². The quantitative estimate of drug-likeness (QED) is 0.923. The van der Waals surface area contributed by atoms with Gasteiger partial charge in [-0.25, -0.2) is 4.21 Å². The molecule has 1 aromatic carbocycles. The normalized spacial score (nSPS) is 21.9. The number of nitrogens with zero attached hydrogens (tertiary/aromatic N) is 2. The van der Waals surface area contributed by atoms with Crippen molar-refractivity contribution >= 4 is 26.3 Å². The van der Waals surface area contributed by atoms with E-state index in [1.807, 2.05) is 30.5 Å². The number of methoxy groups -OCH3 is 1. The summed E-state index contributed by atoms with van der Waals surface area (Å²) in [5, 5.41) is 1.11. The minimum Gasteiger partial charge on any atom is -0.497 e. The number of hydrogen-bond donors (Lipinski definition) is 1. The molecule has 6 heteroatoms. The van der Waals surface area contributed by atoms with E-state index in [1.165, 1.54) is 0 Å². The Morgan fingerprint density at radius 3 is 2.76 bits per heavy atom. The van der Waals surface area contributed by atoms with E-state index in [-0.39, 0.29) is 5.41 Å². The SMILES string of the molecule is COc1ccc2c(N3CC4(C3)CS(=N)(=O)C4)ccnc2c1. The second kappa shape index (κ2) is 4.10. The van der Waals surface area contributed by atoms with Gasteiger partial charge in [0.1, 0.15) is 5.75 Å². The zero-order valence-electron chi connectivity index (χ0n) is 11.8. The van der Waals surface area contributed by atoms with Crippen LogP contribution < -0.4 is 9.64 Å². The first kappa shape index (κ1) is 12.9. The van der Waals surface area contributed by atoms with E-state index in [0.717, 1.165) is 35.4 Å². The van der Waals surface area contributed by atoms with Crippen LogP contribution in [0.2, 0.25) is 0 Å². The molecule has 0 radical (unpaired) electrons. The predicted molar refractivity (Wildman–Crippen MR) is 83.5 cm³/mol. The Kier molecular flexibility index (Phi) is 2.52. The Balaban J connectivity index is 1.64. The number of hydrogen-bond acceptors (Lipinski definition) is 5. The van der Waals surface area contributed by atoms with Crippen molar-refractivity contribution < 1.29 is 8.95 Å². The summed E-state index contributed by atoms with van der Waals surface area (Å²) in [5.41, 5.74) is 2.21. The fourth-order valence-electron chi connectivity index (χ4n) is 3.58. The van der Waals surface area contributed by atoms with E-state index in [0.29, 0.717) is 11.5 Å². The molecule has 2 fully saturated rings. The third kappa shape index (κ3) is 1.97. The van der Waals surface area contributed by atoms with Crippen LogP contribution >= 0.6 is 0 Å². The Hall–Kier alpha value is -1.82. The molecule has 0 unspecified atom stereocenters. The Labute approximate surface area is 123 Å². The van der Waals surface area contributed by atoms with Gasteiger partial charge in [0.15, 0.2) is 0 Å². The average molecular weight is 303 g/mol. The lowest BCUT2D eigenvalue weighted by atomic mass is 9.82. The lowest BCUT2D eigenvalue weighted by Gasteiger charge is -2.57. The van der Waals surface area contributed by atoms with Crippen molar-refractivity contribution in [3.8, 4) is 5.75 Å². The van der Waals surface area contributed by atoms with Gasteiger partial charge in [-0.2, -0.15) is 0 Å². The highest BCUT2D eigenvalue weighted by molar-refractivity contribution is 7.93. The molecule has 3 heterocycles. The molecule has 2 aromatic rings. The minimum atomic E-state index is -2.26. The maximum absolute atomic E-state index is 11.6. The smallest absolute Gasteiger partial charge is 0.121 e. The Morgan fingerprint density at radius 2 is 2.10 bits per heavy atom. The van der Waals surface area contributed by atoms with Crippen LogP contribution in [0.15, 0.2) is 30.5 Å². The zero-order chi connectivity index (χ0) is 14.7. The van der Waals surface area contributed by atoms with E-state index in [4.69, 9.17) is 9.52 Å². The summed E-state index contributed by atoms with van der Waals surface area (Å²) >= 11 is 0. The van der Waals surface area contributed by atoms with Crippen molar-refractivity contribution in [3.05, 3.63) is 30.5 Å². The second-order valence-corrected chi connectivity index (χ2v) is 8.37. The van der Waals surface area contributed by atoms with E-state index in [1.54, 1.807) is 7.11 Å². The van der Waals surface area contributed by atoms with Gasteiger partial charge in [0.2, 0.25) is 0 Å². The van der Waals surface area contributed by atoms with Crippen molar-refractivity contribution in [2.45, 2.75) is 0 Å². The summed E-state index contributed by atoms with van der Waals surface area (Å²) in [5.74, 6) is 1.93. The highest BCUT2D eigenvalue weighted by Crippen LogP contribution is 2.45. The minimum absolute atomic E-state index is 0.126. The molecule has 2 aliphatic rings. The second-order valence-electron chi connectivity index (χ2n) is 6.17. The van der Waals surface area contributed by atoms with Crippen LogP contribution in [0.3, 0.4) is 0 Å². The fraction of sp³-hybridized carbons (Fsp3) is 0.400. The topological polar surface area (TPSA) is 66.3 Å². The number of benzene rings is 1. The lowest BCUT2D eigenvalue weighted by Crippen LogP contribution is -2.68. The third-order valence-corrected chi connectivity index (χ3v) is 6.56. The molecular weight excluding hydrogens is 286 g/mol. The summed E-state index contributed by atoms with van der Waals surface area (Å²) in [4.78, 5) is 6.70. The Bertz CT molecular complexity index is 812. The first-order valence-corrected chi connectivity index (χ1v) is 8.82. The summed E-state index contributed by atoms with van der Waals surface area (Å²) in [6.07, 6.45) is 1.82. The summed E-state index contributed by atoms with van der Waals surface area (Å²) in [6.45, 7) is 1.79. The molecule has 0 amide bonds. The molecule has 1 aromatic heterocycles. The lowest BCUT2D eigenvalue weighted by molar-refractivity contribution is 0.261. The molecular formula is C15H17N3O2S. The first-order valence-electron chi connectivity index (χ1n) is 6.92. The van der Waals surface area contributed by atoms with Crippen molar-refractivity contribution in [3.63, 3.8) is 0 Å². The summed E-state index contributed by atoms with van der Waals surface area (Å²) < 4.78 is 24.4. The van der Waals surface area contributed by atoms with Gasteiger partial charge in [0.05, 0.1) is 12.6 Å². The molecule has 21 heavy (non-hydrogen) atoms. The molecule has 0 aliphatic carbocycles. The molecule has 1 N–H and O–H groups in total. The molecule has 110 valence electrons.